The van der Waals surface area contributed by atoms with Crippen LogP contribution in [-0.4, -0.2) is 49.1 Å². The highest BCUT2D eigenvalue weighted by Gasteiger charge is 2.39. The van der Waals surface area contributed by atoms with E-state index in [1.807, 2.05) is 0 Å². The zero-order valence-electron chi connectivity index (χ0n) is 12.9. The molecule has 1 aliphatic heterocycles. The largest absolute Gasteiger partial charge is 0.353 e. The van der Waals surface area contributed by atoms with Crippen molar-refractivity contribution in [1.29, 1.82) is 0 Å². The average Bonchev–Trinajstić information content (AvgIpc) is 2.88. The molecule has 2 N–H and O–H groups in total. The van der Waals surface area contributed by atoms with Crippen molar-refractivity contribution in [2.24, 2.45) is 0 Å². The molecule has 1 rings (SSSR count). The molecule has 1 unspecified atom stereocenters. The first kappa shape index (κ1) is 16.4. The third-order valence-corrected chi connectivity index (χ3v) is 4.06. The Kier molecular flexibility index (Phi) is 7.39. The van der Waals surface area contributed by atoms with Gasteiger partial charge in [-0.15, -0.1) is 0 Å². The van der Waals surface area contributed by atoms with Gasteiger partial charge in [0.05, 0.1) is 5.54 Å². The van der Waals surface area contributed by atoms with Gasteiger partial charge in [-0.3, -0.25) is 4.79 Å². The third kappa shape index (κ3) is 4.77. The summed E-state index contributed by atoms with van der Waals surface area (Å²) in [4.78, 5) is 14.8. The van der Waals surface area contributed by atoms with Gasteiger partial charge in [0.15, 0.2) is 0 Å². The van der Waals surface area contributed by atoms with Gasteiger partial charge in [-0.25, -0.2) is 0 Å². The minimum atomic E-state index is -0.281. The van der Waals surface area contributed by atoms with E-state index in [1.54, 1.807) is 0 Å². The molecule has 0 aromatic rings. The second-order valence-corrected chi connectivity index (χ2v) is 5.55. The average molecular weight is 269 g/mol. The molecule has 1 atom stereocenters. The lowest BCUT2D eigenvalue weighted by atomic mass is 9.91. The van der Waals surface area contributed by atoms with Crippen LogP contribution in [0.5, 0.6) is 0 Å². The van der Waals surface area contributed by atoms with Crippen molar-refractivity contribution in [3.8, 4) is 0 Å². The van der Waals surface area contributed by atoms with Crippen molar-refractivity contribution in [2.45, 2.75) is 58.4 Å². The summed E-state index contributed by atoms with van der Waals surface area (Å²) >= 11 is 0. The summed E-state index contributed by atoms with van der Waals surface area (Å²) in [5, 5.41) is 6.55. The Morgan fingerprint density at radius 3 is 2.58 bits per heavy atom. The predicted molar refractivity (Wildman–Crippen MR) is 80.3 cm³/mol. The van der Waals surface area contributed by atoms with Crippen LogP contribution in [0.3, 0.4) is 0 Å². The number of hydrogen-bond donors (Lipinski definition) is 2. The van der Waals surface area contributed by atoms with Crippen molar-refractivity contribution >= 4 is 5.91 Å². The van der Waals surface area contributed by atoms with Crippen molar-refractivity contribution in [1.82, 2.24) is 15.5 Å². The van der Waals surface area contributed by atoms with Gasteiger partial charge in [-0.2, -0.15) is 0 Å². The maximum atomic E-state index is 12.4. The summed E-state index contributed by atoms with van der Waals surface area (Å²) < 4.78 is 0. The number of amides is 1. The second kappa shape index (κ2) is 8.54. The SMILES string of the molecule is CCCN(CC)CCNC(=O)C1(CCC)CCCN1. The van der Waals surface area contributed by atoms with Crippen LogP contribution in [0.2, 0.25) is 0 Å². The first-order valence-corrected chi connectivity index (χ1v) is 7.94. The van der Waals surface area contributed by atoms with E-state index in [1.165, 1.54) is 6.42 Å². The summed E-state index contributed by atoms with van der Waals surface area (Å²) in [6.07, 6.45) is 5.27. The highest BCUT2D eigenvalue weighted by atomic mass is 16.2. The van der Waals surface area contributed by atoms with Crippen molar-refractivity contribution < 1.29 is 4.79 Å². The van der Waals surface area contributed by atoms with Gasteiger partial charge in [0.25, 0.3) is 0 Å². The Morgan fingerprint density at radius 2 is 2.05 bits per heavy atom. The molecule has 1 aliphatic rings. The van der Waals surface area contributed by atoms with E-state index in [9.17, 15) is 4.79 Å². The summed E-state index contributed by atoms with van der Waals surface area (Å²) in [7, 11) is 0. The van der Waals surface area contributed by atoms with Gasteiger partial charge < -0.3 is 15.5 Å². The first-order valence-electron chi connectivity index (χ1n) is 7.94. The minimum Gasteiger partial charge on any atom is -0.353 e. The van der Waals surface area contributed by atoms with Crippen molar-refractivity contribution in [2.75, 3.05) is 32.7 Å². The predicted octanol–water partition coefficient (Wildman–Crippen LogP) is 1.76. The lowest BCUT2D eigenvalue weighted by molar-refractivity contribution is -0.127. The summed E-state index contributed by atoms with van der Waals surface area (Å²) in [5.74, 6) is 0.208. The Labute approximate surface area is 118 Å². The van der Waals surface area contributed by atoms with Crippen LogP contribution in [0, 0.1) is 0 Å². The molecule has 19 heavy (non-hydrogen) atoms. The van der Waals surface area contributed by atoms with E-state index >= 15 is 0 Å². The Bertz CT molecular complexity index is 262. The molecular weight excluding hydrogens is 238 g/mol. The molecule has 1 amide bonds. The minimum absolute atomic E-state index is 0.208. The first-order chi connectivity index (χ1) is 9.18. The van der Waals surface area contributed by atoms with Gasteiger partial charge >= 0.3 is 0 Å². The fraction of sp³-hybridized carbons (Fsp3) is 0.933. The van der Waals surface area contributed by atoms with E-state index in [0.29, 0.717) is 0 Å². The number of carbonyl (C=O) groups is 1. The smallest absolute Gasteiger partial charge is 0.240 e. The number of nitrogens with zero attached hydrogens (tertiary/aromatic N) is 1. The van der Waals surface area contributed by atoms with E-state index < -0.39 is 0 Å². The molecule has 0 bridgehead atoms. The Balaban J connectivity index is 2.36. The highest BCUT2D eigenvalue weighted by molar-refractivity contribution is 5.86. The third-order valence-electron chi connectivity index (χ3n) is 4.06. The van der Waals surface area contributed by atoms with Crippen LogP contribution in [-0.2, 0) is 4.79 Å². The monoisotopic (exact) mass is 269 g/mol. The summed E-state index contributed by atoms with van der Waals surface area (Å²) in [6, 6.07) is 0. The maximum Gasteiger partial charge on any atom is 0.240 e. The molecule has 112 valence electrons. The second-order valence-electron chi connectivity index (χ2n) is 5.55. The Morgan fingerprint density at radius 1 is 1.26 bits per heavy atom. The highest BCUT2D eigenvalue weighted by Crippen LogP contribution is 2.24. The molecule has 0 radical (unpaired) electrons. The van der Waals surface area contributed by atoms with Crippen LogP contribution in [0.25, 0.3) is 0 Å². The molecule has 0 spiro atoms. The van der Waals surface area contributed by atoms with E-state index in [2.05, 4.69) is 36.3 Å². The topological polar surface area (TPSA) is 44.4 Å². The van der Waals surface area contributed by atoms with Crippen LogP contribution < -0.4 is 10.6 Å². The number of hydrogen-bond acceptors (Lipinski definition) is 3. The standard InChI is InChI=1S/C15H31N3O/c1-4-8-15(9-7-10-17-15)14(19)16-11-13-18(6-3)12-5-2/h17H,4-13H2,1-3H3,(H,16,19). The van der Waals surface area contributed by atoms with Crippen LogP contribution in [0.15, 0.2) is 0 Å². The van der Waals surface area contributed by atoms with Gasteiger partial charge in [0.1, 0.15) is 0 Å². The number of likely N-dealkylation sites (N-methyl/N-ethyl adjacent to an activating group) is 1. The Hall–Kier alpha value is -0.610. The van der Waals surface area contributed by atoms with Gasteiger partial charge in [0, 0.05) is 13.1 Å². The van der Waals surface area contributed by atoms with Crippen LogP contribution in [0.1, 0.15) is 52.9 Å². The van der Waals surface area contributed by atoms with E-state index in [4.69, 9.17) is 0 Å². The normalized spacial score (nSPS) is 22.9. The maximum absolute atomic E-state index is 12.4. The summed E-state index contributed by atoms with van der Waals surface area (Å²) in [5.41, 5.74) is -0.281. The molecule has 1 fully saturated rings. The zero-order chi connectivity index (χ0) is 14.1. The number of carbonyl (C=O) groups excluding carboxylic acids is 1. The molecule has 0 aromatic heterocycles. The van der Waals surface area contributed by atoms with Crippen molar-refractivity contribution in [3.63, 3.8) is 0 Å². The van der Waals surface area contributed by atoms with Crippen molar-refractivity contribution in [3.05, 3.63) is 0 Å². The molecule has 1 saturated heterocycles. The summed E-state index contributed by atoms with van der Waals surface area (Å²) in [6.45, 7) is 11.4. The zero-order valence-corrected chi connectivity index (χ0v) is 12.9. The molecule has 4 heteroatoms. The van der Waals surface area contributed by atoms with Crippen LogP contribution in [0.4, 0.5) is 0 Å². The molecule has 0 aliphatic carbocycles. The fourth-order valence-electron chi connectivity index (χ4n) is 2.99. The molecule has 0 aromatic carbocycles. The van der Waals surface area contributed by atoms with Gasteiger partial charge in [-0.1, -0.05) is 27.2 Å². The molecule has 1 heterocycles. The van der Waals surface area contributed by atoms with Gasteiger partial charge in [0.2, 0.25) is 5.91 Å². The molecule has 4 nitrogen and oxygen atoms in total. The van der Waals surface area contributed by atoms with E-state index in [0.717, 1.165) is 58.4 Å². The number of nitrogens with one attached hydrogen (secondary N) is 2. The van der Waals surface area contributed by atoms with Crippen LogP contribution >= 0.6 is 0 Å². The lowest BCUT2D eigenvalue weighted by Gasteiger charge is -2.28. The fourth-order valence-corrected chi connectivity index (χ4v) is 2.99. The van der Waals surface area contributed by atoms with E-state index in [-0.39, 0.29) is 11.4 Å². The molecule has 0 saturated carbocycles. The number of rotatable bonds is 9. The van der Waals surface area contributed by atoms with Gasteiger partial charge in [-0.05, 0) is 45.3 Å². The molecular formula is C15H31N3O. The quantitative estimate of drug-likeness (QED) is 0.670. The lowest BCUT2D eigenvalue weighted by Crippen LogP contribution is -2.54.